The summed E-state index contributed by atoms with van der Waals surface area (Å²) in [5, 5.41) is 15.7. The lowest BCUT2D eigenvalue weighted by Gasteiger charge is -2.18. The second-order valence-corrected chi connectivity index (χ2v) is 6.53. The van der Waals surface area contributed by atoms with Gasteiger partial charge in [0.15, 0.2) is 0 Å². The summed E-state index contributed by atoms with van der Waals surface area (Å²) >= 11 is 0. The first-order valence-electron chi connectivity index (χ1n) is 8.83. The minimum atomic E-state index is -0.931. The molecule has 0 bridgehead atoms. The molecule has 1 saturated carbocycles. The lowest BCUT2D eigenvalue weighted by molar-refractivity contribution is 0.0697. The van der Waals surface area contributed by atoms with Crippen molar-refractivity contribution in [2.24, 2.45) is 0 Å². The highest BCUT2D eigenvalue weighted by atomic mass is 16.4. The second kappa shape index (κ2) is 7.96. The number of carbonyl (C=O) groups is 1. The summed E-state index contributed by atoms with van der Waals surface area (Å²) in [5.41, 5.74) is 1.06. The summed E-state index contributed by atoms with van der Waals surface area (Å²) in [6.45, 7) is 1.87. The van der Waals surface area contributed by atoms with E-state index in [9.17, 15) is 4.79 Å². The molecule has 1 heterocycles. The third kappa shape index (κ3) is 4.92. The van der Waals surface area contributed by atoms with Crippen LogP contribution >= 0.6 is 0 Å². The molecule has 0 amide bonds. The Hall–Kier alpha value is -2.63. The minimum absolute atomic E-state index is 0.264. The van der Waals surface area contributed by atoms with E-state index in [1.54, 1.807) is 24.3 Å². The van der Waals surface area contributed by atoms with Crippen LogP contribution in [0.4, 0.5) is 17.3 Å². The number of aryl methyl sites for hydroxylation is 1. The lowest BCUT2D eigenvalue weighted by atomic mass is 10.1. The Morgan fingerprint density at radius 2 is 1.68 bits per heavy atom. The average molecular weight is 340 g/mol. The number of carboxylic acids is 1. The van der Waals surface area contributed by atoms with Crippen LogP contribution in [0.25, 0.3) is 0 Å². The van der Waals surface area contributed by atoms with Gasteiger partial charge in [-0.15, -0.1) is 0 Å². The van der Waals surface area contributed by atoms with Crippen molar-refractivity contribution in [1.82, 2.24) is 9.97 Å². The molecule has 1 fully saturated rings. The van der Waals surface area contributed by atoms with Crippen molar-refractivity contribution >= 4 is 23.3 Å². The van der Waals surface area contributed by atoms with Gasteiger partial charge in [0.05, 0.1) is 5.56 Å². The Kier molecular flexibility index (Phi) is 5.48. The van der Waals surface area contributed by atoms with Crippen molar-refractivity contribution in [3.05, 3.63) is 41.7 Å². The standard InChI is InChI=1S/C19H24N4O2/c1-13-20-17(22-15-6-4-2-3-5-7-15)12-18(21-13)23-16-10-8-14(9-11-16)19(24)25/h8-12,15H,2-7H2,1H3,(H,24,25)(H2,20,21,22,23). The van der Waals surface area contributed by atoms with E-state index >= 15 is 0 Å². The Morgan fingerprint density at radius 1 is 1.04 bits per heavy atom. The molecule has 1 aromatic carbocycles. The zero-order valence-corrected chi connectivity index (χ0v) is 14.5. The molecule has 0 atom stereocenters. The van der Waals surface area contributed by atoms with E-state index in [0.29, 0.717) is 17.7 Å². The Morgan fingerprint density at radius 3 is 2.32 bits per heavy atom. The van der Waals surface area contributed by atoms with Crippen molar-refractivity contribution in [1.29, 1.82) is 0 Å². The van der Waals surface area contributed by atoms with Crippen LogP contribution in [0.1, 0.15) is 54.7 Å². The Balaban J connectivity index is 1.71. The smallest absolute Gasteiger partial charge is 0.335 e. The van der Waals surface area contributed by atoms with Crippen LogP contribution in [0.2, 0.25) is 0 Å². The molecule has 1 aliphatic carbocycles. The number of benzene rings is 1. The SMILES string of the molecule is Cc1nc(Nc2ccc(C(=O)O)cc2)cc(NC2CCCCCC2)n1. The van der Waals surface area contributed by atoms with Crippen LogP contribution < -0.4 is 10.6 Å². The van der Waals surface area contributed by atoms with Crippen LogP contribution in [0.5, 0.6) is 0 Å². The van der Waals surface area contributed by atoms with Gasteiger partial charge in [0.1, 0.15) is 17.5 Å². The fourth-order valence-electron chi connectivity index (χ4n) is 3.18. The molecule has 0 aliphatic heterocycles. The number of nitrogens with zero attached hydrogens (tertiary/aromatic N) is 2. The number of aromatic nitrogens is 2. The van der Waals surface area contributed by atoms with E-state index in [2.05, 4.69) is 20.6 Å². The molecular formula is C19H24N4O2. The third-order valence-corrected chi connectivity index (χ3v) is 4.45. The molecule has 132 valence electrons. The molecule has 0 unspecified atom stereocenters. The highest BCUT2D eigenvalue weighted by molar-refractivity contribution is 5.88. The molecule has 0 spiro atoms. The van der Waals surface area contributed by atoms with Gasteiger partial charge in [-0.25, -0.2) is 14.8 Å². The van der Waals surface area contributed by atoms with Crippen molar-refractivity contribution in [2.45, 2.75) is 51.5 Å². The monoisotopic (exact) mass is 340 g/mol. The van der Waals surface area contributed by atoms with E-state index in [4.69, 9.17) is 5.11 Å². The van der Waals surface area contributed by atoms with Gasteiger partial charge in [-0.2, -0.15) is 0 Å². The fraction of sp³-hybridized carbons (Fsp3) is 0.421. The van der Waals surface area contributed by atoms with Gasteiger partial charge < -0.3 is 15.7 Å². The molecular weight excluding hydrogens is 316 g/mol. The number of rotatable bonds is 5. The number of hydrogen-bond acceptors (Lipinski definition) is 5. The van der Waals surface area contributed by atoms with Gasteiger partial charge in [0.2, 0.25) is 0 Å². The van der Waals surface area contributed by atoms with E-state index < -0.39 is 5.97 Å². The summed E-state index contributed by atoms with van der Waals surface area (Å²) < 4.78 is 0. The van der Waals surface area contributed by atoms with E-state index in [0.717, 1.165) is 11.5 Å². The molecule has 25 heavy (non-hydrogen) atoms. The summed E-state index contributed by atoms with van der Waals surface area (Å²) in [6, 6.07) is 8.99. The number of nitrogens with one attached hydrogen (secondary N) is 2. The van der Waals surface area contributed by atoms with Crippen LogP contribution in [0.3, 0.4) is 0 Å². The Labute approximate surface area is 147 Å². The molecule has 6 nitrogen and oxygen atoms in total. The highest BCUT2D eigenvalue weighted by Crippen LogP contribution is 2.23. The van der Waals surface area contributed by atoms with Gasteiger partial charge in [0.25, 0.3) is 0 Å². The lowest BCUT2D eigenvalue weighted by Crippen LogP contribution is -2.19. The van der Waals surface area contributed by atoms with Crippen LogP contribution in [0.15, 0.2) is 30.3 Å². The third-order valence-electron chi connectivity index (χ3n) is 4.45. The quantitative estimate of drug-likeness (QED) is 0.701. The summed E-state index contributed by atoms with van der Waals surface area (Å²) in [6.07, 6.45) is 7.54. The van der Waals surface area contributed by atoms with Crippen LogP contribution in [-0.4, -0.2) is 27.1 Å². The maximum atomic E-state index is 10.9. The molecule has 1 aliphatic rings. The zero-order valence-electron chi connectivity index (χ0n) is 14.5. The predicted octanol–water partition coefficient (Wildman–Crippen LogP) is 4.36. The highest BCUT2D eigenvalue weighted by Gasteiger charge is 2.13. The summed E-state index contributed by atoms with van der Waals surface area (Å²) in [5.74, 6) is 1.30. The van der Waals surface area contributed by atoms with E-state index in [1.165, 1.54) is 38.5 Å². The van der Waals surface area contributed by atoms with Crippen molar-refractivity contribution in [2.75, 3.05) is 10.6 Å². The first kappa shape index (κ1) is 17.2. The number of carboxylic acid groups (broad SMARTS) is 1. The average Bonchev–Trinajstić information content (AvgIpc) is 2.83. The summed E-state index contributed by atoms with van der Waals surface area (Å²) in [4.78, 5) is 19.8. The number of anilines is 3. The van der Waals surface area contributed by atoms with Gasteiger partial charge in [-0.05, 0) is 44.0 Å². The topological polar surface area (TPSA) is 87.1 Å². The zero-order chi connectivity index (χ0) is 17.6. The van der Waals surface area contributed by atoms with Gasteiger partial charge >= 0.3 is 5.97 Å². The van der Waals surface area contributed by atoms with E-state index in [-0.39, 0.29) is 5.56 Å². The molecule has 2 aromatic rings. The van der Waals surface area contributed by atoms with Crippen LogP contribution in [-0.2, 0) is 0 Å². The van der Waals surface area contributed by atoms with E-state index in [1.807, 2.05) is 13.0 Å². The normalized spacial score (nSPS) is 15.4. The van der Waals surface area contributed by atoms with Crippen LogP contribution in [0, 0.1) is 6.92 Å². The van der Waals surface area contributed by atoms with Crippen molar-refractivity contribution < 1.29 is 9.90 Å². The number of aromatic carboxylic acids is 1. The molecule has 0 saturated heterocycles. The molecule has 3 rings (SSSR count). The van der Waals surface area contributed by atoms with Gasteiger partial charge in [-0.3, -0.25) is 0 Å². The first-order valence-corrected chi connectivity index (χ1v) is 8.83. The summed E-state index contributed by atoms with van der Waals surface area (Å²) in [7, 11) is 0. The van der Waals surface area contributed by atoms with Gasteiger partial charge in [-0.1, -0.05) is 25.7 Å². The molecule has 6 heteroatoms. The van der Waals surface area contributed by atoms with Gasteiger partial charge in [0, 0.05) is 17.8 Å². The van der Waals surface area contributed by atoms with Crippen molar-refractivity contribution in [3.63, 3.8) is 0 Å². The number of hydrogen-bond donors (Lipinski definition) is 3. The largest absolute Gasteiger partial charge is 0.478 e. The fourth-order valence-corrected chi connectivity index (χ4v) is 3.18. The maximum absolute atomic E-state index is 10.9. The predicted molar refractivity (Wildman–Crippen MR) is 98.6 cm³/mol. The maximum Gasteiger partial charge on any atom is 0.335 e. The minimum Gasteiger partial charge on any atom is -0.478 e. The molecule has 1 aromatic heterocycles. The molecule has 0 radical (unpaired) electrons. The Bertz CT molecular complexity index is 723. The van der Waals surface area contributed by atoms with Crippen molar-refractivity contribution in [3.8, 4) is 0 Å². The molecule has 3 N–H and O–H groups in total. The second-order valence-electron chi connectivity index (χ2n) is 6.53. The first-order chi connectivity index (χ1) is 12.1.